The maximum atomic E-state index is 13.3. The highest BCUT2D eigenvalue weighted by Crippen LogP contribution is 2.37. The molecule has 0 saturated carbocycles. The van der Waals surface area contributed by atoms with Gasteiger partial charge in [0.1, 0.15) is 4.88 Å². The number of hydrogen-bond donors (Lipinski definition) is 0. The van der Waals surface area contributed by atoms with Crippen molar-refractivity contribution in [1.82, 2.24) is 0 Å². The van der Waals surface area contributed by atoms with Gasteiger partial charge in [-0.1, -0.05) is 29.8 Å². The Bertz CT molecular complexity index is 1650. The number of hydrogen-bond acceptors (Lipinski definition) is 6. The van der Waals surface area contributed by atoms with Crippen LogP contribution in [0.4, 0.5) is 5.69 Å². The van der Waals surface area contributed by atoms with E-state index >= 15 is 0 Å². The van der Waals surface area contributed by atoms with Crippen molar-refractivity contribution in [3.05, 3.63) is 86.4 Å². The Kier molecular flexibility index (Phi) is 5.40. The lowest BCUT2D eigenvalue weighted by Crippen LogP contribution is -2.25. The molecule has 0 aliphatic rings. The molecule has 0 fully saturated rings. The molecule has 164 valence electrons. The number of methoxy groups -OCH3 is 1. The zero-order valence-corrected chi connectivity index (χ0v) is 19.9. The molecule has 0 spiro atoms. The van der Waals surface area contributed by atoms with Gasteiger partial charge in [-0.15, -0.1) is 22.7 Å². The van der Waals surface area contributed by atoms with Gasteiger partial charge in [0, 0.05) is 43.0 Å². The minimum atomic E-state index is -0.454. The van der Waals surface area contributed by atoms with Crippen molar-refractivity contribution in [2.75, 3.05) is 19.1 Å². The molecule has 3 aromatic carbocycles. The van der Waals surface area contributed by atoms with E-state index in [2.05, 4.69) is 0 Å². The zero-order valence-electron chi connectivity index (χ0n) is 17.5. The molecule has 2 aromatic heterocycles. The number of thiophene rings is 1. The summed E-state index contributed by atoms with van der Waals surface area (Å²) in [6.07, 6.45) is 0. The lowest BCUT2D eigenvalue weighted by atomic mass is 10.1. The quantitative estimate of drug-likeness (QED) is 0.217. The second-order valence-electron chi connectivity index (χ2n) is 7.42. The van der Waals surface area contributed by atoms with Crippen LogP contribution >= 0.6 is 34.3 Å². The number of anilines is 1. The van der Waals surface area contributed by atoms with E-state index < -0.39 is 5.97 Å². The van der Waals surface area contributed by atoms with Crippen LogP contribution in [0.2, 0.25) is 5.02 Å². The molecule has 0 radical (unpaired) electrons. The number of carbonyl (C=O) groups excluding carboxylic acids is 2. The van der Waals surface area contributed by atoms with E-state index in [1.165, 1.54) is 23.3 Å². The Morgan fingerprint density at radius 3 is 2.42 bits per heavy atom. The van der Waals surface area contributed by atoms with Gasteiger partial charge in [0.05, 0.1) is 17.7 Å². The molecule has 5 nitrogen and oxygen atoms in total. The predicted molar refractivity (Wildman–Crippen MR) is 137 cm³/mol. The Morgan fingerprint density at radius 2 is 1.64 bits per heavy atom. The summed E-state index contributed by atoms with van der Waals surface area (Å²) in [5.41, 5.74) is 0.925. The summed E-state index contributed by atoms with van der Waals surface area (Å²) in [6, 6.07) is 17.9. The van der Waals surface area contributed by atoms with Crippen molar-refractivity contribution in [3.8, 4) is 0 Å². The Balaban J connectivity index is 1.56. The first kappa shape index (κ1) is 21.6. The number of rotatable bonds is 3. The van der Waals surface area contributed by atoms with Crippen LogP contribution in [0.5, 0.6) is 0 Å². The van der Waals surface area contributed by atoms with Crippen molar-refractivity contribution in [2.45, 2.75) is 0 Å². The van der Waals surface area contributed by atoms with E-state index in [1.54, 1.807) is 42.6 Å². The molecule has 0 aliphatic carbocycles. The number of benzene rings is 3. The Labute approximate surface area is 201 Å². The van der Waals surface area contributed by atoms with Gasteiger partial charge in [-0.2, -0.15) is 0 Å². The summed E-state index contributed by atoms with van der Waals surface area (Å²) in [4.78, 5) is 40.0. The molecule has 0 N–H and O–H groups in total. The minimum absolute atomic E-state index is 0.0581. The topological polar surface area (TPSA) is 63.7 Å². The second kappa shape index (κ2) is 8.26. The number of nitrogens with zero attached hydrogens (tertiary/aromatic N) is 1. The number of halogens is 1. The van der Waals surface area contributed by atoms with E-state index in [4.69, 9.17) is 16.3 Å². The largest absolute Gasteiger partial charge is 0.465 e. The van der Waals surface area contributed by atoms with Gasteiger partial charge in [0.15, 0.2) is 5.43 Å². The van der Waals surface area contributed by atoms with Crippen molar-refractivity contribution >= 4 is 82.1 Å². The van der Waals surface area contributed by atoms with Crippen LogP contribution in [0.15, 0.2) is 65.5 Å². The van der Waals surface area contributed by atoms with Crippen LogP contribution in [0.25, 0.3) is 30.3 Å². The summed E-state index contributed by atoms with van der Waals surface area (Å²) in [6.45, 7) is 0. The van der Waals surface area contributed by atoms with E-state index in [0.717, 1.165) is 9.40 Å². The Hall–Kier alpha value is -3.26. The third-order valence-electron chi connectivity index (χ3n) is 5.50. The number of esters is 1. The van der Waals surface area contributed by atoms with Crippen molar-refractivity contribution in [1.29, 1.82) is 0 Å². The number of amides is 1. The summed E-state index contributed by atoms with van der Waals surface area (Å²) < 4.78 is 7.27. The molecule has 0 saturated heterocycles. The lowest BCUT2D eigenvalue weighted by molar-refractivity contribution is 0.0601. The highest BCUT2D eigenvalue weighted by molar-refractivity contribution is 7.24. The SMILES string of the molecule is COC(=O)c1ccc2c(Cl)c(C(=O)N(C)c3ccc4sc5ccccc5c(=O)c4c3)sc2c1. The maximum Gasteiger partial charge on any atom is 0.337 e. The third-order valence-corrected chi connectivity index (χ3v) is 8.29. The van der Waals surface area contributed by atoms with Crippen molar-refractivity contribution < 1.29 is 14.3 Å². The normalized spacial score (nSPS) is 11.2. The molecular weight excluding hydrogens is 478 g/mol. The molecule has 5 rings (SSSR count). The molecule has 2 heterocycles. The first-order valence-corrected chi connectivity index (χ1v) is 11.9. The van der Waals surface area contributed by atoms with Gasteiger partial charge < -0.3 is 9.64 Å². The predicted octanol–water partition coefficient (Wildman–Crippen LogP) is 6.35. The molecule has 8 heteroatoms. The highest BCUT2D eigenvalue weighted by atomic mass is 35.5. The molecule has 0 bridgehead atoms. The molecule has 5 aromatic rings. The third kappa shape index (κ3) is 3.58. The standard InChI is InChI=1S/C25H16ClNO4S2/c1-27(14-8-10-19-17(12-14)22(28)16-5-3-4-6-18(16)32-19)24(29)23-21(26)15-9-7-13(25(30)31-2)11-20(15)33-23/h3-12H,1-2H3. The number of fused-ring (bicyclic) bond motifs is 3. The lowest BCUT2D eigenvalue weighted by Gasteiger charge is -2.17. The molecule has 0 aliphatic heterocycles. The molecule has 0 atom stereocenters. The van der Waals surface area contributed by atoms with Crippen molar-refractivity contribution in [2.24, 2.45) is 0 Å². The van der Waals surface area contributed by atoms with E-state index in [-0.39, 0.29) is 11.3 Å². The first-order valence-electron chi connectivity index (χ1n) is 9.93. The van der Waals surface area contributed by atoms with Gasteiger partial charge >= 0.3 is 5.97 Å². The fourth-order valence-corrected chi connectivity index (χ4v) is 6.30. The highest BCUT2D eigenvalue weighted by Gasteiger charge is 2.23. The molecule has 0 unspecified atom stereocenters. The van der Waals surface area contributed by atoms with Crippen LogP contribution in [-0.4, -0.2) is 26.0 Å². The average molecular weight is 494 g/mol. The fraction of sp³-hybridized carbons (Fsp3) is 0.0800. The van der Waals surface area contributed by atoms with Gasteiger partial charge in [-0.05, 0) is 42.5 Å². The maximum absolute atomic E-state index is 13.3. The van der Waals surface area contributed by atoms with E-state index in [9.17, 15) is 14.4 Å². The fourth-order valence-electron chi connectivity index (χ4n) is 3.72. The number of carbonyl (C=O) groups is 2. The average Bonchev–Trinajstić information content (AvgIpc) is 3.18. The van der Waals surface area contributed by atoms with Gasteiger partial charge in [0.2, 0.25) is 0 Å². The van der Waals surface area contributed by atoms with E-state index in [0.29, 0.717) is 42.0 Å². The molecular formula is C25H16ClNO4S2. The van der Waals surface area contributed by atoms with Crippen LogP contribution in [-0.2, 0) is 4.74 Å². The monoisotopic (exact) mass is 493 g/mol. The first-order chi connectivity index (χ1) is 15.9. The van der Waals surface area contributed by atoms with Crippen LogP contribution in [0, 0.1) is 0 Å². The summed E-state index contributed by atoms with van der Waals surface area (Å²) in [5, 5.41) is 2.26. The second-order valence-corrected chi connectivity index (χ2v) is 9.93. The van der Waals surface area contributed by atoms with Gasteiger partial charge in [-0.3, -0.25) is 9.59 Å². The summed E-state index contributed by atoms with van der Waals surface area (Å²) in [5.74, 6) is -0.748. The van der Waals surface area contributed by atoms with Crippen molar-refractivity contribution in [3.63, 3.8) is 0 Å². The summed E-state index contributed by atoms with van der Waals surface area (Å²) >= 11 is 9.29. The smallest absolute Gasteiger partial charge is 0.337 e. The molecule has 33 heavy (non-hydrogen) atoms. The molecule has 1 amide bonds. The minimum Gasteiger partial charge on any atom is -0.465 e. The van der Waals surface area contributed by atoms with Crippen LogP contribution in [0.3, 0.4) is 0 Å². The number of ether oxygens (including phenoxy) is 1. The van der Waals surface area contributed by atoms with Gasteiger partial charge in [0.25, 0.3) is 5.91 Å². The van der Waals surface area contributed by atoms with Crippen LogP contribution in [0.1, 0.15) is 20.0 Å². The van der Waals surface area contributed by atoms with Crippen LogP contribution < -0.4 is 10.3 Å². The summed E-state index contributed by atoms with van der Waals surface area (Å²) in [7, 11) is 2.97. The Morgan fingerprint density at radius 1 is 0.879 bits per heavy atom. The zero-order chi connectivity index (χ0) is 23.3. The van der Waals surface area contributed by atoms with Gasteiger partial charge in [-0.25, -0.2) is 4.79 Å². The van der Waals surface area contributed by atoms with E-state index in [1.807, 2.05) is 36.4 Å².